The number of carbonyl (C=O) groups is 1. The van der Waals surface area contributed by atoms with E-state index in [1.54, 1.807) is 7.05 Å². The topological polar surface area (TPSA) is 40.5 Å². The lowest BCUT2D eigenvalue weighted by Crippen LogP contribution is -2.26. The van der Waals surface area contributed by atoms with Gasteiger partial charge in [0.25, 0.3) is 0 Å². The average molecular weight is 113 g/mol. The van der Waals surface area contributed by atoms with Crippen LogP contribution in [0.15, 0.2) is 0 Å². The third-order valence-corrected chi connectivity index (χ3v) is 0.717. The maximum absolute atomic E-state index is 9.87. The van der Waals surface area contributed by atoms with Crippen LogP contribution in [0.2, 0.25) is 0 Å². The maximum atomic E-state index is 9.87. The van der Waals surface area contributed by atoms with Gasteiger partial charge in [0.15, 0.2) is 0 Å². The first-order chi connectivity index (χ1) is 3.66. The van der Waals surface area contributed by atoms with Gasteiger partial charge in [-0.05, 0) is 13.5 Å². The van der Waals surface area contributed by atoms with Crippen molar-refractivity contribution in [3.05, 3.63) is 0 Å². The highest BCUT2D eigenvalue weighted by Gasteiger charge is 1.98. The summed E-state index contributed by atoms with van der Waals surface area (Å²) in [5, 5.41) is 8.12. The van der Waals surface area contributed by atoms with E-state index in [9.17, 15) is 4.79 Å². The molecule has 0 spiro atoms. The van der Waals surface area contributed by atoms with Crippen LogP contribution in [0.4, 0.5) is 0 Å². The zero-order valence-electron chi connectivity index (χ0n) is 4.79. The molecule has 3 nitrogen and oxygen atoms in total. The maximum Gasteiger partial charge on any atom is 0.317 e. The molecule has 0 aromatic heterocycles. The summed E-state index contributed by atoms with van der Waals surface area (Å²) in [6.45, 7) is 0.0104. The van der Waals surface area contributed by atoms with Crippen LogP contribution in [0.3, 0.4) is 0 Å². The second kappa shape index (κ2) is 3.49. The van der Waals surface area contributed by atoms with Crippen molar-refractivity contribution < 1.29 is 9.90 Å². The van der Waals surface area contributed by atoms with E-state index >= 15 is 0 Å². The Hall–Kier alpha value is -0.505. The van der Waals surface area contributed by atoms with E-state index in [0.29, 0.717) is 0 Å². The summed E-state index contributed by atoms with van der Waals surface area (Å²) in [5.41, 5.74) is 0. The summed E-state index contributed by atoms with van der Waals surface area (Å²) in [6, 6.07) is 0. The van der Waals surface area contributed by atoms with E-state index < -0.39 is 5.97 Å². The minimum absolute atomic E-state index is 0.0104. The quantitative estimate of drug-likeness (QED) is 0.483. The van der Waals surface area contributed by atoms with E-state index in [-0.39, 0.29) is 13.0 Å². The van der Waals surface area contributed by atoms with Crippen molar-refractivity contribution in [2.75, 3.05) is 20.0 Å². The Labute approximate surface area is 49.7 Å². The molecule has 0 bridgehead atoms. The summed E-state index contributed by atoms with van der Waals surface area (Å²) in [4.78, 5) is 11.4. The van der Waals surface area contributed by atoms with E-state index in [1.807, 2.05) is 0 Å². The highest BCUT2D eigenvalue weighted by atomic mass is 16.4. The van der Waals surface area contributed by atoms with E-state index in [1.165, 1.54) is 4.90 Å². The molecule has 0 amide bonds. The summed E-state index contributed by atoms with van der Waals surface area (Å²) >= 11 is 0. The molecule has 0 saturated carbocycles. The summed E-state index contributed by atoms with van der Waals surface area (Å²) in [7, 11) is 6.73. The predicted molar refractivity (Wildman–Crippen MR) is 30.9 cm³/mol. The molecule has 0 saturated heterocycles. The van der Waals surface area contributed by atoms with Crippen LogP contribution in [0, 0.1) is 0 Å². The van der Waals surface area contributed by atoms with Gasteiger partial charge >= 0.3 is 5.97 Å². The van der Waals surface area contributed by atoms with Crippen molar-refractivity contribution in [3.8, 4) is 0 Å². The lowest BCUT2D eigenvalue weighted by Gasteiger charge is -2.08. The summed E-state index contributed by atoms with van der Waals surface area (Å²) in [6.07, 6.45) is 0.284. The predicted octanol–water partition coefficient (Wildman–Crippen LogP) is -0.871. The number of carboxylic acids is 1. The minimum atomic E-state index is -0.849. The molecular formula is C4H8BNO2. The molecule has 0 aliphatic carbocycles. The molecule has 0 aromatic rings. The first-order valence-corrected chi connectivity index (χ1v) is 2.27. The number of hydrogen-bond acceptors (Lipinski definition) is 2. The van der Waals surface area contributed by atoms with E-state index in [4.69, 9.17) is 13.0 Å². The van der Waals surface area contributed by atoms with Gasteiger partial charge in [-0.25, -0.2) is 0 Å². The number of rotatable bonds is 3. The van der Waals surface area contributed by atoms with Gasteiger partial charge in [0.05, 0.1) is 14.4 Å². The van der Waals surface area contributed by atoms with Gasteiger partial charge in [0, 0.05) is 0 Å². The summed E-state index contributed by atoms with van der Waals surface area (Å²) in [5.74, 6) is -0.849. The highest BCUT2D eigenvalue weighted by Crippen LogP contribution is 1.75. The van der Waals surface area contributed by atoms with Crippen LogP contribution in [0.25, 0.3) is 0 Å². The van der Waals surface area contributed by atoms with Crippen molar-refractivity contribution in [1.29, 1.82) is 0 Å². The molecule has 0 fully saturated rings. The van der Waals surface area contributed by atoms with Crippen molar-refractivity contribution in [3.63, 3.8) is 0 Å². The molecule has 2 radical (unpaired) electrons. The van der Waals surface area contributed by atoms with Gasteiger partial charge in [-0.3, -0.25) is 4.79 Å². The SMILES string of the molecule is [B]CN(C)CC(=O)O. The fourth-order valence-electron chi connectivity index (χ4n) is 0.295. The minimum Gasteiger partial charge on any atom is -0.480 e. The molecule has 8 heavy (non-hydrogen) atoms. The number of hydrogen-bond donors (Lipinski definition) is 1. The van der Waals surface area contributed by atoms with Crippen LogP contribution in [0.1, 0.15) is 0 Å². The van der Waals surface area contributed by atoms with Crippen LogP contribution >= 0.6 is 0 Å². The molecular weight excluding hydrogens is 105 g/mol. The number of carboxylic acid groups (broad SMARTS) is 1. The lowest BCUT2D eigenvalue weighted by molar-refractivity contribution is -0.137. The third-order valence-electron chi connectivity index (χ3n) is 0.717. The molecule has 0 rings (SSSR count). The first-order valence-electron chi connectivity index (χ1n) is 2.27. The van der Waals surface area contributed by atoms with Crippen molar-refractivity contribution >= 4 is 13.8 Å². The lowest BCUT2D eigenvalue weighted by atomic mass is 10.1. The Balaban J connectivity index is 3.24. The third kappa shape index (κ3) is 3.68. The van der Waals surface area contributed by atoms with E-state index in [0.717, 1.165) is 0 Å². The molecule has 0 heterocycles. The Morgan fingerprint density at radius 1 is 1.88 bits per heavy atom. The van der Waals surface area contributed by atoms with Gasteiger partial charge in [-0.15, -0.1) is 0 Å². The monoisotopic (exact) mass is 113 g/mol. The largest absolute Gasteiger partial charge is 0.480 e. The molecule has 0 aromatic carbocycles. The molecule has 4 heteroatoms. The Morgan fingerprint density at radius 2 is 2.38 bits per heavy atom. The average Bonchev–Trinajstić information content (AvgIpc) is 1.65. The molecule has 0 atom stereocenters. The molecule has 0 aliphatic rings. The van der Waals surface area contributed by atoms with Gasteiger partial charge in [0.2, 0.25) is 0 Å². The summed E-state index contributed by atoms with van der Waals surface area (Å²) < 4.78 is 0. The Morgan fingerprint density at radius 3 is 2.50 bits per heavy atom. The molecule has 44 valence electrons. The number of aliphatic carboxylic acids is 1. The first kappa shape index (κ1) is 7.49. The van der Waals surface area contributed by atoms with Crippen LogP contribution in [-0.2, 0) is 4.79 Å². The Bertz CT molecular complexity index is 86.1. The van der Waals surface area contributed by atoms with Gasteiger partial charge in [-0.1, -0.05) is 0 Å². The zero-order chi connectivity index (χ0) is 6.57. The molecule has 1 N–H and O–H groups in total. The molecule has 0 unspecified atom stereocenters. The number of likely N-dealkylation sites (N-methyl/N-ethyl adjacent to an activating group) is 1. The van der Waals surface area contributed by atoms with Crippen molar-refractivity contribution in [2.24, 2.45) is 0 Å². The molecule has 0 aliphatic heterocycles. The number of nitrogens with zero attached hydrogens (tertiary/aromatic N) is 1. The fourth-order valence-corrected chi connectivity index (χ4v) is 0.295. The normalized spacial score (nSPS) is 9.75. The standard InChI is InChI=1S/C4H8BNO2/c1-6(3-5)2-4(7)8/h2-3H2,1H3,(H,7,8). The highest BCUT2D eigenvalue weighted by molar-refractivity contribution is 6.08. The van der Waals surface area contributed by atoms with Gasteiger partial charge in [-0.2, -0.15) is 0 Å². The van der Waals surface area contributed by atoms with E-state index in [2.05, 4.69) is 0 Å². The fraction of sp³-hybridized carbons (Fsp3) is 0.750. The Kier molecular flexibility index (Phi) is 3.27. The second-order valence-corrected chi connectivity index (χ2v) is 1.59. The van der Waals surface area contributed by atoms with Gasteiger partial charge < -0.3 is 10.0 Å². The van der Waals surface area contributed by atoms with Crippen LogP contribution in [-0.4, -0.2) is 43.9 Å². The zero-order valence-corrected chi connectivity index (χ0v) is 4.79. The van der Waals surface area contributed by atoms with Crippen LogP contribution < -0.4 is 0 Å². The van der Waals surface area contributed by atoms with Gasteiger partial charge in [0.1, 0.15) is 0 Å². The van der Waals surface area contributed by atoms with Crippen molar-refractivity contribution in [2.45, 2.75) is 0 Å². The smallest absolute Gasteiger partial charge is 0.317 e. The van der Waals surface area contributed by atoms with Crippen molar-refractivity contribution in [1.82, 2.24) is 4.90 Å². The van der Waals surface area contributed by atoms with Crippen LogP contribution in [0.5, 0.6) is 0 Å². The second-order valence-electron chi connectivity index (χ2n) is 1.59.